The Bertz CT molecular complexity index is 418. The molecule has 0 spiro atoms. The van der Waals surface area contributed by atoms with Crippen molar-refractivity contribution in [2.75, 3.05) is 0 Å². The maximum absolute atomic E-state index is 12.0. The maximum Gasteiger partial charge on any atom is 0.138 e. The molecule has 0 amide bonds. The molecule has 0 saturated heterocycles. The summed E-state index contributed by atoms with van der Waals surface area (Å²) in [4.78, 5) is 12.0. The third-order valence-electron chi connectivity index (χ3n) is 3.70. The number of carbonyl (C=O) groups excluding carboxylic acids is 1. The van der Waals surface area contributed by atoms with E-state index in [2.05, 4.69) is 24.0 Å². The molecule has 17 heavy (non-hydrogen) atoms. The average molecular weight is 234 g/mol. The monoisotopic (exact) mass is 234 g/mol. The standard InChI is InChI=1S/C14H22N2O/c1-8(2)13-11-6-5-10(14(17)9(3)4)7-12(11)15-16-13/h8-10H,5-7H2,1-4H3,(H,15,16). The highest BCUT2D eigenvalue weighted by Crippen LogP contribution is 2.31. The second kappa shape index (κ2) is 4.63. The number of hydrogen-bond donors (Lipinski definition) is 1. The number of hydrogen-bond acceptors (Lipinski definition) is 2. The third kappa shape index (κ3) is 2.28. The lowest BCUT2D eigenvalue weighted by Gasteiger charge is -2.23. The van der Waals surface area contributed by atoms with Gasteiger partial charge in [0.05, 0.1) is 5.69 Å². The number of fused-ring (bicyclic) bond motifs is 1. The number of rotatable bonds is 3. The zero-order valence-corrected chi connectivity index (χ0v) is 11.2. The van der Waals surface area contributed by atoms with Gasteiger partial charge in [0.25, 0.3) is 0 Å². The lowest BCUT2D eigenvalue weighted by molar-refractivity contribution is -0.126. The molecule has 0 saturated carbocycles. The summed E-state index contributed by atoms with van der Waals surface area (Å²) in [6, 6.07) is 0. The molecule has 0 aromatic carbocycles. The van der Waals surface area contributed by atoms with Crippen molar-refractivity contribution >= 4 is 5.78 Å². The molecule has 1 aromatic rings. The van der Waals surface area contributed by atoms with Crippen LogP contribution in [-0.4, -0.2) is 16.0 Å². The number of H-pyrrole nitrogens is 1. The Morgan fingerprint density at radius 2 is 2.06 bits per heavy atom. The van der Waals surface area contributed by atoms with E-state index in [4.69, 9.17) is 0 Å². The minimum atomic E-state index is 0.147. The van der Waals surface area contributed by atoms with Gasteiger partial charge in [-0.25, -0.2) is 0 Å². The minimum Gasteiger partial charge on any atom is -0.299 e. The summed E-state index contributed by atoms with van der Waals surface area (Å²) in [6.07, 6.45) is 2.85. The summed E-state index contributed by atoms with van der Waals surface area (Å²) < 4.78 is 0. The topological polar surface area (TPSA) is 45.8 Å². The van der Waals surface area contributed by atoms with Crippen molar-refractivity contribution in [2.24, 2.45) is 11.8 Å². The van der Waals surface area contributed by atoms with E-state index in [1.54, 1.807) is 0 Å². The molecule has 3 nitrogen and oxygen atoms in total. The van der Waals surface area contributed by atoms with Gasteiger partial charge in [0.1, 0.15) is 5.78 Å². The normalized spacial score (nSPS) is 19.8. The molecule has 1 unspecified atom stereocenters. The Morgan fingerprint density at radius 1 is 1.35 bits per heavy atom. The molecule has 0 aliphatic heterocycles. The van der Waals surface area contributed by atoms with Gasteiger partial charge in [-0.15, -0.1) is 0 Å². The van der Waals surface area contributed by atoms with Crippen LogP contribution in [0.25, 0.3) is 0 Å². The van der Waals surface area contributed by atoms with Crippen LogP contribution >= 0.6 is 0 Å². The van der Waals surface area contributed by atoms with Gasteiger partial charge in [-0.05, 0) is 30.7 Å². The Labute approximate surface area is 103 Å². The molecule has 0 bridgehead atoms. The molecule has 94 valence electrons. The summed E-state index contributed by atoms with van der Waals surface area (Å²) in [7, 11) is 0. The van der Waals surface area contributed by atoms with Gasteiger partial charge >= 0.3 is 0 Å². The molecular formula is C14H22N2O. The number of carbonyl (C=O) groups is 1. The molecule has 1 atom stereocenters. The molecular weight excluding hydrogens is 212 g/mol. The SMILES string of the molecule is CC(C)C(=O)C1CCc2c(C(C)C)n[nH]c2C1. The van der Waals surface area contributed by atoms with Gasteiger partial charge in [0, 0.05) is 17.5 Å². The second-order valence-corrected chi connectivity index (χ2v) is 5.72. The molecule has 0 radical (unpaired) electrons. The van der Waals surface area contributed by atoms with E-state index < -0.39 is 0 Å². The Hall–Kier alpha value is -1.12. The predicted molar refractivity (Wildman–Crippen MR) is 68.0 cm³/mol. The largest absolute Gasteiger partial charge is 0.299 e. The van der Waals surface area contributed by atoms with E-state index in [9.17, 15) is 4.79 Å². The van der Waals surface area contributed by atoms with Crippen LogP contribution in [0, 0.1) is 11.8 Å². The van der Waals surface area contributed by atoms with Gasteiger partial charge in [-0.3, -0.25) is 9.89 Å². The summed E-state index contributed by atoms with van der Waals surface area (Å²) in [6.45, 7) is 8.32. The van der Waals surface area contributed by atoms with Crippen molar-refractivity contribution < 1.29 is 4.79 Å². The van der Waals surface area contributed by atoms with Crippen molar-refractivity contribution in [3.63, 3.8) is 0 Å². The zero-order chi connectivity index (χ0) is 12.6. The fraction of sp³-hybridized carbons (Fsp3) is 0.714. The Kier molecular flexibility index (Phi) is 3.36. The van der Waals surface area contributed by atoms with E-state index >= 15 is 0 Å². The summed E-state index contributed by atoms with van der Waals surface area (Å²) in [5.74, 6) is 1.21. The van der Waals surface area contributed by atoms with Crippen molar-refractivity contribution in [3.8, 4) is 0 Å². The molecule has 2 rings (SSSR count). The molecule has 1 aliphatic rings. The van der Waals surface area contributed by atoms with Gasteiger partial charge in [0.15, 0.2) is 0 Å². The zero-order valence-electron chi connectivity index (χ0n) is 11.2. The van der Waals surface area contributed by atoms with Crippen LogP contribution in [0.5, 0.6) is 0 Å². The van der Waals surface area contributed by atoms with E-state index in [-0.39, 0.29) is 11.8 Å². The van der Waals surface area contributed by atoms with Crippen LogP contribution in [0.1, 0.15) is 57.0 Å². The van der Waals surface area contributed by atoms with Gasteiger partial charge in [-0.2, -0.15) is 5.10 Å². The smallest absolute Gasteiger partial charge is 0.138 e. The molecule has 0 fully saturated rings. The quantitative estimate of drug-likeness (QED) is 0.874. The molecule has 1 N–H and O–H groups in total. The van der Waals surface area contributed by atoms with E-state index in [1.807, 2.05) is 13.8 Å². The van der Waals surface area contributed by atoms with E-state index in [0.717, 1.165) is 19.3 Å². The average Bonchev–Trinajstić information content (AvgIpc) is 2.70. The Balaban J connectivity index is 2.18. The summed E-state index contributed by atoms with van der Waals surface area (Å²) in [5, 5.41) is 7.53. The van der Waals surface area contributed by atoms with Crippen LogP contribution in [0.15, 0.2) is 0 Å². The lowest BCUT2D eigenvalue weighted by Crippen LogP contribution is -2.26. The first-order chi connectivity index (χ1) is 8.00. The van der Waals surface area contributed by atoms with Crippen LogP contribution in [0.2, 0.25) is 0 Å². The third-order valence-corrected chi connectivity index (χ3v) is 3.70. The minimum absolute atomic E-state index is 0.147. The lowest BCUT2D eigenvalue weighted by atomic mass is 9.80. The number of nitrogens with zero attached hydrogens (tertiary/aromatic N) is 1. The first-order valence-electron chi connectivity index (χ1n) is 6.60. The van der Waals surface area contributed by atoms with Crippen LogP contribution in [0.3, 0.4) is 0 Å². The van der Waals surface area contributed by atoms with E-state index in [0.29, 0.717) is 11.7 Å². The summed E-state index contributed by atoms with van der Waals surface area (Å²) >= 11 is 0. The van der Waals surface area contributed by atoms with Crippen molar-refractivity contribution in [1.29, 1.82) is 0 Å². The number of aromatic nitrogens is 2. The van der Waals surface area contributed by atoms with Crippen LogP contribution < -0.4 is 0 Å². The molecule has 3 heteroatoms. The molecule has 1 heterocycles. The predicted octanol–water partition coefficient (Wildman–Crippen LogP) is 2.86. The van der Waals surface area contributed by atoms with Crippen LogP contribution in [-0.2, 0) is 17.6 Å². The summed E-state index contributed by atoms with van der Waals surface area (Å²) in [5.41, 5.74) is 3.75. The number of Topliss-reactive ketones (excluding diaryl/α,β-unsaturated/α-hetero) is 1. The highest BCUT2D eigenvalue weighted by atomic mass is 16.1. The van der Waals surface area contributed by atoms with Crippen molar-refractivity contribution in [3.05, 3.63) is 17.0 Å². The highest BCUT2D eigenvalue weighted by molar-refractivity contribution is 5.83. The van der Waals surface area contributed by atoms with Gasteiger partial charge in [-0.1, -0.05) is 27.7 Å². The fourth-order valence-electron chi connectivity index (χ4n) is 2.72. The molecule has 1 aliphatic carbocycles. The van der Waals surface area contributed by atoms with Crippen molar-refractivity contribution in [1.82, 2.24) is 10.2 Å². The van der Waals surface area contributed by atoms with Gasteiger partial charge in [0.2, 0.25) is 0 Å². The molecule has 1 aromatic heterocycles. The Morgan fingerprint density at radius 3 is 2.65 bits per heavy atom. The highest BCUT2D eigenvalue weighted by Gasteiger charge is 2.29. The van der Waals surface area contributed by atoms with Crippen LogP contribution in [0.4, 0.5) is 0 Å². The second-order valence-electron chi connectivity index (χ2n) is 5.72. The van der Waals surface area contributed by atoms with Gasteiger partial charge < -0.3 is 0 Å². The first kappa shape index (κ1) is 12.3. The maximum atomic E-state index is 12.0. The number of aromatic amines is 1. The van der Waals surface area contributed by atoms with E-state index in [1.165, 1.54) is 17.0 Å². The van der Waals surface area contributed by atoms with Crippen molar-refractivity contribution in [2.45, 2.75) is 52.9 Å². The number of nitrogens with one attached hydrogen (secondary N) is 1. The first-order valence-corrected chi connectivity index (χ1v) is 6.60. The fourth-order valence-corrected chi connectivity index (χ4v) is 2.72. The number of ketones is 1.